The predicted octanol–water partition coefficient (Wildman–Crippen LogP) is 3.02. The number of carbonyl (C=O) groups excluding carboxylic acids is 2. The number of halogens is 1. The maximum atomic E-state index is 13.6. The Morgan fingerprint density at radius 1 is 1.42 bits per heavy atom. The summed E-state index contributed by atoms with van der Waals surface area (Å²) in [5, 5.41) is 17.8. The lowest BCUT2D eigenvalue weighted by Gasteiger charge is -2.33. The fourth-order valence-electron chi connectivity index (χ4n) is 4.58. The van der Waals surface area contributed by atoms with Gasteiger partial charge in [0.05, 0.1) is 24.9 Å². The van der Waals surface area contributed by atoms with E-state index in [4.69, 9.17) is 6.57 Å². The molecule has 3 amide bonds. The molecule has 2 aliphatic heterocycles. The van der Waals surface area contributed by atoms with E-state index in [2.05, 4.69) is 15.3 Å². The van der Waals surface area contributed by atoms with E-state index in [0.717, 1.165) is 11.8 Å². The first kappa shape index (κ1) is 22.7. The zero-order valence-corrected chi connectivity index (χ0v) is 18.9. The largest absolute Gasteiger partial charge is 0.393 e. The zero-order valence-electron chi connectivity index (χ0n) is 18.9. The van der Waals surface area contributed by atoms with E-state index in [0.29, 0.717) is 42.9 Å². The number of aliphatic hydroxyl groups is 1. The van der Waals surface area contributed by atoms with E-state index in [1.165, 1.54) is 12.1 Å². The number of fused-ring (bicyclic) bond motifs is 3. The van der Waals surface area contributed by atoms with Gasteiger partial charge in [-0.3, -0.25) is 9.48 Å². The summed E-state index contributed by atoms with van der Waals surface area (Å²) in [6, 6.07) is 3.27. The Morgan fingerprint density at radius 2 is 2.18 bits per heavy atom. The molecule has 3 heterocycles. The molecule has 0 aliphatic carbocycles. The monoisotopic (exact) mass is 454 g/mol. The number of urea groups is 1. The molecule has 0 saturated carbocycles. The molecule has 0 fully saturated rings. The second-order valence-corrected chi connectivity index (χ2v) is 8.77. The SMILES string of the molecule is [C-]#[N+]c1cc(NC(=O)N2Cc3c(nn4c3C(=O)N(C)C[C@H]([C@H](O)CC)C4)C[C@H]2C)ccc1F. The van der Waals surface area contributed by atoms with Crippen molar-refractivity contribution in [3.63, 3.8) is 0 Å². The lowest BCUT2D eigenvalue weighted by atomic mass is 9.99. The Morgan fingerprint density at radius 3 is 2.88 bits per heavy atom. The van der Waals surface area contributed by atoms with Gasteiger partial charge in [-0.2, -0.15) is 5.10 Å². The van der Waals surface area contributed by atoms with Crippen molar-refractivity contribution in [2.24, 2.45) is 5.92 Å². The molecule has 2 aromatic rings. The van der Waals surface area contributed by atoms with Gasteiger partial charge in [0.25, 0.3) is 5.91 Å². The number of nitrogens with one attached hydrogen (secondary N) is 1. The molecule has 0 spiro atoms. The van der Waals surface area contributed by atoms with E-state index in [1.807, 2.05) is 13.8 Å². The summed E-state index contributed by atoms with van der Waals surface area (Å²) >= 11 is 0. The van der Waals surface area contributed by atoms with E-state index < -0.39 is 18.0 Å². The fraction of sp³-hybridized carbons (Fsp3) is 0.478. The molecule has 0 saturated heterocycles. The summed E-state index contributed by atoms with van der Waals surface area (Å²) in [5.74, 6) is -0.945. The molecule has 33 heavy (non-hydrogen) atoms. The fourth-order valence-corrected chi connectivity index (χ4v) is 4.58. The third kappa shape index (κ3) is 4.16. The molecule has 1 aromatic heterocycles. The number of hydrogen-bond acceptors (Lipinski definition) is 4. The van der Waals surface area contributed by atoms with Crippen LogP contribution in [-0.2, 0) is 19.5 Å². The molecule has 0 radical (unpaired) electrons. The van der Waals surface area contributed by atoms with Gasteiger partial charge in [0, 0.05) is 49.8 Å². The summed E-state index contributed by atoms with van der Waals surface area (Å²) in [6.45, 7) is 11.9. The number of hydrogen-bond donors (Lipinski definition) is 2. The minimum atomic E-state index is -0.643. The first-order chi connectivity index (χ1) is 15.7. The van der Waals surface area contributed by atoms with E-state index in [-0.39, 0.29) is 30.1 Å². The van der Waals surface area contributed by atoms with Crippen LogP contribution >= 0.6 is 0 Å². The Labute approximate surface area is 191 Å². The number of aliphatic hydroxyl groups excluding tert-OH is 1. The van der Waals surface area contributed by atoms with Crippen LogP contribution in [0.25, 0.3) is 4.85 Å². The van der Waals surface area contributed by atoms with Crippen LogP contribution < -0.4 is 5.32 Å². The first-order valence-electron chi connectivity index (χ1n) is 11.0. The quantitative estimate of drug-likeness (QED) is 0.697. The van der Waals surface area contributed by atoms with Crippen LogP contribution in [0.1, 0.15) is 42.0 Å². The highest BCUT2D eigenvalue weighted by Gasteiger charge is 2.38. The lowest BCUT2D eigenvalue weighted by Crippen LogP contribution is -2.45. The van der Waals surface area contributed by atoms with Crippen LogP contribution in [0.3, 0.4) is 0 Å². The van der Waals surface area contributed by atoms with E-state index >= 15 is 0 Å². The molecular formula is C23H27FN6O3. The average molecular weight is 455 g/mol. The Balaban J connectivity index is 1.61. The highest BCUT2D eigenvalue weighted by molar-refractivity contribution is 5.95. The smallest absolute Gasteiger partial charge is 0.322 e. The molecular weight excluding hydrogens is 427 g/mol. The second kappa shape index (κ2) is 8.83. The van der Waals surface area contributed by atoms with Crippen molar-refractivity contribution in [1.29, 1.82) is 0 Å². The number of nitrogens with zero attached hydrogens (tertiary/aromatic N) is 5. The third-order valence-corrected chi connectivity index (χ3v) is 6.49. The molecule has 0 unspecified atom stereocenters. The minimum Gasteiger partial charge on any atom is -0.393 e. The van der Waals surface area contributed by atoms with E-state index in [1.54, 1.807) is 21.5 Å². The molecule has 0 bridgehead atoms. The zero-order chi connectivity index (χ0) is 23.9. The van der Waals surface area contributed by atoms with Gasteiger partial charge in [-0.05, 0) is 31.5 Å². The Hall–Kier alpha value is -3.45. The van der Waals surface area contributed by atoms with Crippen molar-refractivity contribution >= 4 is 23.3 Å². The summed E-state index contributed by atoms with van der Waals surface area (Å²) in [7, 11) is 1.71. The molecule has 3 atom stereocenters. The maximum absolute atomic E-state index is 13.6. The van der Waals surface area contributed by atoms with Gasteiger partial charge in [-0.15, -0.1) is 0 Å². The van der Waals surface area contributed by atoms with Crippen molar-refractivity contribution in [3.05, 3.63) is 52.4 Å². The first-order valence-corrected chi connectivity index (χ1v) is 11.0. The average Bonchev–Trinajstić information content (AvgIpc) is 3.08. The molecule has 174 valence electrons. The molecule has 10 heteroatoms. The van der Waals surface area contributed by atoms with Crippen LogP contribution in [0.15, 0.2) is 18.2 Å². The van der Waals surface area contributed by atoms with Crippen LogP contribution in [0, 0.1) is 18.3 Å². The highest BCUT2D eigenvalue weighted by atomic mass is 19.1. The summed E-state index contributed by atoms with van der Waals surface area (Å²) in [4.78, 5) is 32.6. The minimum absolute atomic E-state index is 0.126. The van der Waals surface area contributed by atoms with Gasteiger partial charge in [-0.25, -0.2) is 14.0 Å². The second-order valence-electron chi connectivity index (χ2n) is 8.77. The maximum Gasteiger partial charge on any atom is 0.322 e. The van der Waals surface area contributed by atoms with Crippen LogP contribution in [0.2, 0.25) is 0 Å². The van der Waals surface area contributed by atoms with Crippen molar-refractivity contribution in [1.82, 2.24) is 19.6 Å². The Kier molecular flexibility index (Phi) is 6.08. The van der Waals surface area contributed by atoms with Crippen molar-refractivity contribution in [2.75, 3.05) is 18.9 Å². The highest BCUT2D eigenvalue weighted by Crippen LogP contribution is 2.30. The predicted molar refractivity (Wildman–Crippen MR) is 119 cm³/mol. The van der Waals surface area contributed by atoms with Crippen molar-refractivity contribution in [2.45, 2.75) is 51.9 Å². The van der Waals surface area contributed by atoms with Gasteiger partial charge < -0.3 is 20.2 Å². The van der Waals surface area contributed by atoms with Gasteiger partial charge in [0.2, 0.25) is 5.69 Å². The standard InChI is InChI=1S/C23H27FN6O3/c1-5-20(31)14-10-28(4)22(32)21-16-12-29(13(2)8-18(16)27-30(21)11-14)23(33)26-15-6-7-17(24)19(9-15)25-3/h6-7,9,13-14,20,31H,5,8,10-12H2,1-2,4H3,(H,26,33)/t13-,14+,20-/m1/s1. The third-order valence-electron chi connectivity index (χ3n) is 6.49. The van der Waals surface area contributed by atoms with Crippen molar-refractivity contribution < 1.29 is 19.1 Å². The number of anilines is 1. The van der Waals surface area contributed by atoms with Crippen LogP contribution in [0.5, 0.6) is 0 Å². The normalized spacial score (nSPS) is 21.0. The number of rotatable bonds is 3. The molecule has 2 aliphatic rings. The summed E-state index contributed by atoms with van der Waals surface area (Å²) in [5.41, 5.74) is 2.12. The molecule has 9 nitrogen and oxygen atoms in total. The van der Waals surface area contributed by atoms with Crippen LogP contribution in [0.4, 0.5) is 20.6 Å². The molecule has 2 N–H and O–H groups in total. The number of amides is 3. The van der Waals surface area contributed by atoms with Crippen LogP contribution in [-0.4, -0.2) is 62.4 Å². The number of carbonyl (C=O) groups is 2. The van der Waals surface area contributed by atoms with Gasteiger partial charge >= 0.3 is 6.03 Å². The summed E-state index contributed by atoms with van der Waals surface area (Å²) < 4.78 is 15.3. The van der Waals surface area contributed by atoms with Gasteiger partial charge in [-0.1, -0.05) is 6.92 Å². The lowest BCUT2D eigenvalue weighted by molar-refractivity contribution is 0.0625. The number of aromatic nitrogens is 2. The van der Waals surface area contributed by atoms with Gasteiger partial charge in [0.1, 0.15) is 11.5 Å². The van der Waals surface area contributed by atoms with Gasteiger partial charge in [0.15, 0.2) is 0 Å². The molecule has 1 aromatic carbocycles. The van der Waals surface area contributed by atoms with Crippen molar-refractivity contribution in [3.8, 4) is 0 Å². The Bertz CT molecular complexity index is 1140. The van der Waals surface area contributed by atoms with E-state index in [9.17, 15) is 19.1 Å². The topological polar surface area (TPSA) is 95.1 Å². The molecule has 4 rings (SSSR count). The number of benzene rings is 1. The summed E-state index contributed by atoms with van der Waals surface area (Å²) in [6.07, 6.45) is 0.536.